The molecule has 23 heavy (non-hydrogen) atoms. The summed E-state index contributed by atoms with van der Waals surface area (Å²) in [7, 11) is 0. The lowest BCUT2D eigenvalue weighted by Gasteiger charge is -2.23. The molecule has 1 unspecified atom stereocenters. The SMILES string of the molecule is [N-]=[N+]=NC[C@@H](O)C(Oc1cccc2ccoc12)c1ccccc1. The van der Waals surface area contributed by atoms with Gasteiger partial charge in [0, 0.05) is 10.3 Å². The van der Waals surface area contributed by atoms with E-state index in [1.165, 1.54) is 0 Å². The van der Waals surface area contributed by atoms with Crippen LogP contribution in [0.3, 0.4) is 0 Å². The zero-order chi connectivity index (χ0) is 16.1. The Kier molecular flexibility index (Phi) is 4.47. The van der Waals surface area contributed by atoms with Crippen molar-refractivity contribution in [1.29, 1.82) is 0 Å². The van der Waals surface area contributed by atoms with Gasteiger partial charge >= 0.3 is 0 Å². The number of aliphatic hydroxyl groups is 1. The van der Waals surface area contributed by atoms with Crippen molar-refractivity contribution in [3.63, 3.8) is 0 Å². The van der Waals surface area contributed by atoms with Gasteiger partial charge in [0.1, 0.15) is 12.2 Å². The standard InChI is InChI=1S/C17H15N3O3/c18-20-19-11-14(21)16(12-5-2-1-3-6-12)23-15-8-4-7-13-9-10-22-17(13)15/h1-10,14,16,21H,11H2/t14-,16?/m1/s1. The first-order valence-corrected chi connectivity index (χ1v) is 7.16. The van der Waals surface area contributed by atoms with Crippen LogP contribution in [0, 0.1) is 0 Å². The third-order valence-corrected chi connectivity index (χ3v) is 3.51. The van der Waals surface area contributed by atoms with Gasteiger partial charge in [0.25, 0.3) is 0 Å². The van der Waals surface area contributed by atoms with E-state index >= 15 is 0 Å². The van der Waals surface area contributed by atoms with Gasteiger partial charge in [-0.3, -0.25) is 0 Å². The van der Waals surface area contributed by atoms with Crippen molar-refractivity contribution in [3.8, 4) is 5.75 Å². The second kappa shape index (κ2) is 6.87. The van der Waals surface area contributed by atoms with Crippen LogP contribution in [-0.4, -0.2) is 17.8 Å². The highest BCUT2D eigenvalue weighted by Gasteiger charge is 2.23. The fourth-order valence-corrected chi connectivity index (χ4v) is 2.42. The van der Waals surface area contributed by atoms with E-state index in [0.717, 1.165) is 10.9 Å². The number of rotatable bonds is 6. The van der Waals surface area contributed by atoms with Crippen molar-refractivity contribution in [2.45, 2.75) is 12.2 Å². The van der Waals surface area contributed by atoms with Crippen molar-refractivity contribution in [3.05, 3.63) is 76.9 Å². The van der Waals surface area contributed by atoms with Crippen LogP contribution in [0.2, 0.25) is 0 Å². The monoisotopic (exact) mass is 309 g/mol. The Hall–Kier alpha value is -2.95. The molecular formula is C17H15N3O3. The Morgan fingerprint density at radius 3 is 2.74 bits per heavy atom. The van der Waals surface area contributed by atoms with Gasteiger partial charge in [-0.05, 0) is 23.2 Å². The molecule has 0 spiro atoms. The van der Waals surface area contributed by atoms with Gasteiger partial charge in [-0.25, -0.2) is 0 Å². The Morgan fingerprint density at radius 1 is 1.13 bits per heavy atom. The van der Waals surface area contributed by atoms with E-state index < -0.39 is 12.2 Å². The molecule has 3 rings (SSSR count). The van der Waals surface area contributed by atoms with Gasteiger partial charge in [0.05, 0.1) is 12.8 Å². The van der Waals surface area contributed by atoms with Crippen molar-refractivity contribution >= 4 is 11.0 Å². The molecule has 0 aliphatic carbocycles. The number of para-hydroxylation sites is 1. The van der Waals surface area contributed by atoms with Gasteiger partial charge < -0.3 is 14.3 Å². The first-order valence-electron chi connectivity index (χ1n) is 7.16. The second-order valence-electron chi connectivity index (χ2n) is 5.03. The molecule has 0 bridgehead atoms. The van der Waals surface area contributed by atoms with E-state index in [9.17, 15) is 5.11 Å². The molecule has 1 aromatic heterocycles. The molecule has 2 aromatic carbocycles. The average molecular weight is 309 g/mol. The van der Waals surface area contributed by atoms with Crippen LogP contribution in [0.4, 0.5) is 0 Å². The first kappa shape index (κ1) is 15.0. The molecule has 2 atom stereocenters. The highest BCUT2D eigenvalue weighted by molar-refractivity contribution is 5.82. The normalized spacial score (nSPS) is 13.3. The van der Waals surface area contributed by atoms with Crippen LogP contribution in [0.25, 0.3) is 21.4 Å². The van der Waals surface area contributed by atoms with Crippen LogP contribution in [0.5, 0.6) is 5.75 Å². The lowest BCUT2D eigenvalue weighted by molar-refractivity contribution is 0.0418. The predicted molar refractivity (Wildman–Crippen MR) is 86.0 cm³/mol. The summed E-state index contributed by atoms with van der Waals surface area (Å²) < 4.78 is 11.5. The number of benzene rings is 2. The highest BCUT2D eigenvalue weighted by atomic mass is 16.5. The molecule has 0 saturated heterocycles. The number of fused-ring (bicyclic) bond motifs is 1. The Morgan fingerprint density at radius 2 is 1.96 bits per heavy atom. The molecule has 0 amide bonds. The summed E-state index contributed by atoms with van der Waals surface area (Å²) in [5.41, 5.74) is 9.87. The van der Waals surface area contributed by atoms with E-state index in [4.69, 9.17) is 14.7 Å². The topological polar surface area (TPSA) is 91.4 Å². The summed E-state index contributed by atoms with van der Waals surface area (Å²) in [6.45, 7) is -0.0792. The van der Waals surface area contributed by atoms with Gasteiger partial charge in [-0.2, -0.15) is 0 Å². The minimum atomic E-state index is -0.974. The molecule has 6 heteroatoms. The van der Waals surface area contributed by atoms with E-state index in [-0.39, 0.29) is 6.54 Å². The van der Waals surface area contributed by atoms with Gasteiger partial charge in [-0.1, -0.05) is 47.6 Å². The molecular weight excluding hydrogens is 294 g/mol. The number of ether oxygens (including phenoxy) is 1. The molecule has 116 valence electrons. The van der Waals surface area contributed by atoms with Crippen LogP contribution in [0.1, 0.15) is 11.7 Å². The number of hydrogen-bond donors (Lipinski definition) is 1. The van der Waals surface area contributed by atoms with Gasteiger partial charge in [-0.15, -0.1) is 0 Å². The third kappa shape index (κ3) is 3.29. The zero-order valence-corrected chi connectivity index (χ0v) is 12.2. The number of furan rings is 1. The van der Waals surface area contributed by atoms with Crippen molar-refractivity contribution < 1.29 is 14.3 Å². The van der Waals surface area contributed by atoms with E-state index in [2.05, 4.69) is 10.0 Å². The van der Waals surface area contributed by atoms with Crippen LogP contribution in [-0.2, 0) is 0 Å². The third-order valence-electron chi connectivity index (χ3n) is 3.51. The summed E-state index contributed by atoms with van der Waals surface area (Å²) in [6.07, 6.45) is -0.0539. The number of azide groups is 1. The summed E-state index contributed by atoms with van der Waals surface area (Å²) in [5.74, 6) is 0.529. The quantitative estimate of drug-likeness (QED) is 0.419. The predicted octanol–water partition coefficient (Wildman–Crippen LogP) is 4.22. The number of hydrogen-bond acceptors (Lipinski definition) is 4. The fourth-order valence-electron chi connectivity index (χ4n) is 2.42. The zero-order valence-electron chi connectivity index (χ0n) is 12.2. The Labute approximate surface area is 132 Å². The molecule has 1 heterocycles. The molecule has 0 aliphatic rings. The summed E-state index contributed by atoms with van der Waals surface area (Å²) in [6, 6.07) is 16.7. The van der Waals surface area contributed by atoms with E-state index in [1.807, 2.05) is 48.5 Å². The number of aliphatic hydroxyl groups excluding tert-OH is 1. The average Bonchev–Trinajstić information content (AvgIpc) is 3.07. The minimum absolute atomic E-state index is 0.0792. The van der Waals surface area contributed by atoms with Crippen LogP contribution in [0.15, 0.2) is 70.4 Å². The Balaban J connectivity index is 1.95. The van der Waals surface area contributed by atoms with Crippen LogP contribution < -0.4 is 4.74 Å². The largest absolute Gasteiger partial charge is 0.479 e. The summed E-state index contributed by atoms with van der Waals surface area (Å²) >= 11 is 0. The molecule has 1 N–H and O–H groups in total. The highest BCUT2D eigenvalue weighted by Crippen LogP contribution is 2.31. The Bertz CT molecular complexity index is 825. The number of nitrogens with zero attached hydrogens (tertiary/aromatic N) is 3. The van der Waals surface area contributed by atoms with E-state index in [1.54, 1.807) is 12.3 Å². The maximum absolute atomic E-state index is 10.4. The maximum atomic E-state index is 10.4. The molecule has 0 aliphatic heterocycles. The van der Waals surface area contributed by atoms with Crippen molar-refractivity contribution in [2.24, 2.45) is 5.11 Å². The maximum Gasteiger partial charge on any atom is 0.175 e. The molecule has 0 radical (unpaired) electrons. The smallest absolute Gasteiger partial charge is 0.175 e. The van der Waals surface area contributed by atoms with Gasteiger partial charge in [0.15, 0.2) is 11.3 Å². The second-order valence-corrected chi connectivity index (χ2v) is 5.03. The van der Waals surface area contributed by atoms with Gasteiger partial charge in [0.2, 0.25) is 0 Å². The molecule has 3 aromatic rings. The van der Waals surface area contributed by atoms with Crippen molar-refractivity contribution in [2.75, 3.05) is 6.54 Å². The minimum Gasteiger partial charge on any atom is -0.479 e. The summed E-state index contributed by atoms with van der Waals surface area (Å²) in [5, 5.41) is 14.7. The lowest BCUT2D eigenvalue weighted by Crippen LogP contribution is -2.26. The molecule has 0 fully saturated rings. The van der Waals surface area contributed by atoms with E-state index in [0.29, 0.717) is 11.3 Å². The van der Waals surface area contributed by atoms with Crippen molar-refractivity contribution in [1.82, 2.24) is 0 Å². The molecule has 6 nitrogen and oxygen atoms in total. The van der Waals surface area contributed by atoms with Crippen LogP contribution >= 0.6 is 0 Å². The lowest BCUT2D eigenvalue weighted by atomic mass is 10.0. The molecule has 0 saturated carbocycles. The first-order chi connectivity index (χ1) is 11.3. The summed E-state index contributed by atoms with van der Waals surface area (Å²) in [4.78, 5) is 2.69. The fraction of sp³-hybridized carbons (Fsp3) is 0.176.